The molecule has 2 aromatic rings. The number of fused-ring (bicyclic) bond motifs is 3. The number of ether oxygens (including phenoxy) is 1. The Kier molecular flexibility index (Phi) is 8.63. The lowest BCUT2D eigenvalue weighted by atomic mass is 9.98. The molecular weight excluding hydrogens is 434 g/mol. The average Bonchev–Trinajstić information content (AvgIpc) is 3.16. The number of hydrogen-bond donors (Lipinski definition) is 3. The van der Waals surface area contributed by atoms with E-state index in [-0.39, 0.29) is 25.4 Å². The highest BCUT2D eigenvalue weighted by Gasteiger charge is 2.30. The van der Waals surface area contributed by atoms with Crippen LogP contribution in [-0.2, 0) is 14.3 Å². The van der Waals surface area contributed by atoms with E-state index < -0.39 is 30.1 Å². The second-order valence-electron chi connectivity index (χ2n) is 8.23. The van der Waals surface area contributed by atoms with Crippen molar-refractivity contribution >= 4 is 18.0 Å². The lowest BCUT2D eigenvalue weighted by molar-refractivity contribution is -0.142. The first kappa shape index (κ1) is 24.8. The fraction of sp³-hybridized carbons (Fsp3) is 0.385. The summed E-state index contributed by atoms with van der Waals surface area (Å²) in [5.41, 5.74) is 4.38. The highest BCUT2D eigenvalue weighted by molar-refractivity contribution is 5.89. The number of carbonyl (C=O) groups is 3. The number of carboxylic acids is 1. The van der Waals surface area contributed by atoms with E-state index in [1.54, 1.807) is 6.92 Å². The predicted octanol–water partition coefficient (Wildman–Crippen LogP) is 3.96. The molecule has 0 aromatic heterocycles. The van der Waals surface area contributed by atoms with Crippen LogP contribution in [0.5, 0.6) is 0 Å². The van der Waals surface area contributed by atoms with Gasteiger partial charge in [0.1, 0.15) is 18.7 Å². The number of carboxylic acid groups (broad SMARTS) is 1. The molecular formula is C26H29N3O5. The van der Waals surface area contributed by atoms with Gasteiger partial charge in [0.15, 0.2) is 0 Å². The molecule has 0 saturated heterocycles. The average molecular weight is 464 g/mol. The number of amides is 2. The molecule has 3 N–H and O–H groups in total. The summed E-state index contributed by atoms with van der Waals surface area (Å²) in [5.74, 6) is -1.84. The maximum absolute atomic E-state index is 12.7. The Labute approximate surface area is 198 Å². The van der Waals surface area contributed by atoms with E-state index in [2.05, 4.69) is 10.6 Å². The zero-order valence-corrected chi connectivity index (χ0v) is 19.1. The molecule has 2 amide bonds. The summed E-state index contributed by atoms with van der Waals surface area (Å²) in [5, 5.41) is 23.0. The van der Waals surface area contributed by atoms with Crippen molar-refractivity contribution in [3.8, 4) is 17.2 Å². The Hall–Kier alpha value is -3.86. The highest BCUT2D eigenvalue weighted by atomic mass is 16.5. The van der Waals surface area contributed by atoms with Gasteiger partial charge in [0.2, 0.25) is 5.91 Å². The number of nitrogens with one attached hydrogen (secondary N) is 2. The second-order valence-corrected chi connectivity index (χ2v) is 8.23. The summed E-state index contributed by atoms with van der Waals surface area (Å²) in [7, 11) is 0. The molecule has 0 heterocycles. The van der Waals surface area contributed by atoms with E-state index in [0.717, 1.165) is 22.3 Å². The number of benzene rings is 2. The number of rotatable bonds is 11. The number of unbranched alkanes of at least 4 members (excludes halogenated alkanes) is 2. The smallest absolute Gasteiger partial charge is 0.407 e. The van der Waals surface area contributed by atoms with Crippen molar-refractivity contribution in [2.75, 3.05) is 6.61 Å². The SMILES string of the molecule is CC[C@@H](NC(=O)C(CCCCC#N)NC(=O)OCC1c2ccccc2-c2ccccc21)C(=O)O. The van der Waals surface area contributed by atoms with Crippen molar-refractivity contribution in [2.45, 2.75) is 57.0 Å². The van der Waals surface area contributed by atoms with Gasteiger partial charge in [0.25, 0.3) is 0 Å². The van der Waals surface area contributed by atoms with Gasteiger partial charge in [0.05, 0.1) is 6.07 Å². The first-order chi connectivity index (χ1) is 16.5. The third kappa shape index (κ3) is 5.93. The van der Waals surface area contributed by atoms with Crippen LogP contribution >= 0.6 is 0 Å². The van der Waals surface area contributed by atoms with Crippen molar-refractivity contribution < 1.29 is 24.2 Å². The van der Waals surface area contributed by atoms with E-state index in [1.807, 2.05) is 54.6 Å². The Balaban J connectivity index is 1.65. The van der Waals surface area contributed by atoms with E-state index in [4.69, 9.17) is 10.00 Å². The predicted molar refractivity (Wildman–Crippen MR) is 126 cm³/mol. The number of carbonyl (C=O) groups excluding carboxylic acids is 2. The van der Waals surface area contributed by atoms with Crippen LogP contribution in [-0.4, -0.2) is 41.8 Å². The maximum Gasteiger partial charge on any atom is 0.407 e. The molecule has 0 saturated carbocycles. The Morgan fingerprint density at radius 2 is 1.62 bits per heavy atom. The van der Waals surface area contributed by atoms with E-state index in [1.165, 1.54) is 0 Å². The van der Waals surface area contributed by atoms with Crippen LogP contribution in [0.3, 0.4) is 0 Å². The standard InChI is InChI=1S/C26H29N3O5/c1-2-22(25(31)32)28-24(30)23(14-4-3-9-15-27)29-26(33)34-16-21-19-12-7-5-10-17(19)18-11-6-8-13-20(18)21/h5-8,10-13,21-23H,2-4,9,14,16H2,1H3,(H,28,30)(H,29,33)(H,31,32)/t22-,23?/m1/s1. The fourth-order valence-corrected chi connectivity index (χ4v) is 4.21. The van der Waals surface area contributed by atoms with Crippen LogP contribution in [0, 0.1) is 11.3 Å². The molecule has 3 rings (SSSR count). The fourth-order valence-electron chi connectivity index (χ4n) is 4.21. The van der Waals surface area contributed by atoms with Crippen LogP contribution in [0.15, 0.2) is 48.5 Å². The maximum atomic E-state index is 12.7. The molecule has 1 unspecified atom stereocenters. The molecule has 0 fully saturated rings. The first-order valence-electron chi connectivity index (χ1n) is 11.5. The molecule has 1 aliphatic carbocycles. The summed E-state index contributed by atoms with van der Waals surface area (Å²) in [4.78, 5) is 36.6. The quantitative estimate of drug-likeness (QED) is 0.433. The molecule has 0 bridgehead atoms. The van der Waals surface area contributed by atoms with E-state index >= 15 is 0 Å². The van der Waals surface area contributed by atoms with Crippen molar-refractivity contribution in [3.05, 3.63) is 59.7 Å². The summed E-state index contributed by atoms with van der Waals surface area (Å²) in [6.45, 7) is 1.76. The number of nitrogens with zero attached hydrogens (tertiary/aromatic N) is 1. The Bertz CT molecular complexity index is 1030. The van der Waals surface area contributed by atoms with Crippen molar-refractivity contribution in [2.24, 2.45) is 0 Å². The van der Waals surface area contributed by atoms with Crippen LogP contribution < -0.4 is 10.6 Å². The Morgan fingerprint density at radius 3 is 2.18 bits per heavy atom. The van der Waals surface area contributed by atoms with Crippen LogP contribution in [0.1, 0.15) is 56.1 Å². The first-order valence-corrected chi connectivity index (χ1v) is 11.5. The molecule has 34 heavy (non-hydrogen) atoms. The second kappa shape index (κ2) is 11.8. The van der Waals surface area contributed by atoms with Crippen LogP contribution in [0.25, 0.3) is 11.1 Å². The van der Waals surface area contributed by atoms with Gasteiger partial charge >= 0.3 is 12.1 Å². The number of nitriles is 1. The normalized spacial score (nSPS) is 13.6. The van der Waals surface area contributed by atoms with Crippen molar-refractivity contribution in [3.63, 3.8) is 0 Å². The van der Waals surface area contributed by atoms with Gasteiger partial charge in [-0.1, -0.05) is 55.5 Å². The molecule has 8 heteroatoms. The van der Waals surface area contributed by atoms with Crippen LogP contribution in [0.2, 0.25) is 0 Å². The van der Waals surface area contributed by atoms with Crippen molar-refractivity contribution in [1.82, 2.24) is 10.6 Å². The summed E-state index contributed by atoms with van der Waals surface area (Å²) < 4.78 is 5.53. The zero-order chi connectivity index (χ0) is 24.5. The lowest BCUT2D eigenvalue weighted by Gasteiger charge is -2.21. The lowest BCUT2D eigenvalue weighted by Crippen LogP contribution is -2.51. The molecule has 1 aliphatic rings. The van der Waals surface area contributed by atoms with Gasteiger partial charge in [-0.15, -0.1) is 0 Å². The van der Waals surface area contributed by atoms with Gasteiger partial charge in [0, 0.05) is 12.3 Å². The van der Waals surface area contributed by atoms with E-state index in [0.29, 0.717) is 19.3 Å². The molecule has 178 valence electrons. The summed E-state index contributed by atoms with van der Waals surface area (Å²) >= 11 is 0. The molecule has 0 aliphatic heterocycles. The van der Waals surface area contributed by atoms with Crippen molar-refractivity contribution in [1.29, 1.82) is 5.26 Å². The molecule has 0 radical (unpaired) electrons. The largest absolute Gasteiger partial charge is 0.480 e. The van der Waals surface area contributed by atoms with Gasteiger partial charge in [-0.3, -0.25) is 4.79 Å². The minimum Gasteiger partial charge on any atom is -0.480 e. The topological polar surface area (TPSA) is 129 Å². The Morgan fingerprint density at radius 1 is 1.00 bits per heavy atom. The zero-order valence-electron chi connectivity index (χ0n) is 19.1. The van der Waals surface area contributed by atoms with Gasteiger partial charge in [-0.25, -0.2) is 9.59 Å². The third-order valence-corrected chi connectivity index (χ3v) is 6.01. The van der Waals surface area contributed by atoms with Gasteiger partial charge < -0.3 is 20.5 Å². The number of aliphatic carboxylic acids is 1. The minimum atomic E-state index is -1.14. The summed E-state index contributed by atoms with van der Waals surface area (Å²) in [6, 6.07) is 16.0. The monoisotopic (exact) mass is 463 g/mol. The van der Waals surface area contributed by atoms with Gasteiger partial charge in [-0.05, 0) is 47.9 Å². The van der Waals surface area contributed by atoms with E-state index in [9.17, 15) is 19.5 Å². The minimum absolute atomic E-state index is 0.106. The molecule has 8 nitrogen and oxygen atoms in total. The third-order valence-electron chi connectivity index (χ3n) is 6.01. The highest BCUT2D eigenvalue weighted by Crippen LogP contribution is 2.44. The molecule has 2 aromatic carbocycles. The van der Waals surface area contributed by atoms with Gasteiger partial charge in [-0.2, -0.15) is 5.26 Å². The number of hydrogen-bond acceptors (Lipinski definition) is 5. The summed E-state index contributed by atoms with van der Waals surface area (Å²) in [6.07, 6.45) is 1.18. The number of alkyl carbamates (subject to hydrolysis) is 1. The van der Waals surface area contributed by atoms with Crippen LogP contribution in [0.4, 0.5) is 4.79 Å². The molecule has 2 atom stereocenters. The molecule has 0 spiro atoms.